The molecule has 0 unspecified atom stereocenters. The van der Waals surface area contributed by atoms with Gasteiger partial charge in [0, 0.05) is 13.8 Å². The number of carbonyl (C=O) groups is 2. The lowest BCUT2D eigenvalue weighted by atomic mass is 10.2. The molecular formula is C11H14N2O2. The number of benzene rings is 1. The van der Waals surface area contributed by atoms with Gasteiger partial charge in [-0.2, -0.15) is 0 Å². The van der Waals surface area contributed by atoms with Gasteiger partial charge < -0.3 is 0 Å². The number of amides is 2. The Kier molecular flexibility index (Phi) is 3.44. The summed E-state index contributed by atoms with van der Waals surface area (Å²) in [5.74, 6) is -0.498. The molecule has 15 heavy (non-hydrogen) atoms. The molecule has 0 saturated heterocycles. The van der Waals surface area contributed by atoms with Crippen LogP contribution in [0.15, 0.2) is 24.3 Å². The minimum atomic E-state index is -0.272. The largest absolute Gasteiger partial charge is 0.274 e. The molecule has 0 aliphatic heterocycles. The molecule has 0 fully saturated rings. The normalized spacial score (nSPS) is 9.53. The molecule has 1 aromatic carbocycles. The van der Waals surface area contributed by atoms with Gasteiger partial charge in [-0.25, -0.2) is 5.01 Å². The molecule has 0 radical (unpaired) electrons. The van der Waals surface area contributed by atoms with Crippen LogP contribution in [0, 0.1) is 6.92 Å². The Bertz CT molecular complexity index is 388. The van der Waals surface area contributed by atoms with Crippen LogP contribution >= 0.6 is 0 Å². The Morgan fingerprint density at radius 2 is 1.93 bits per heavy atom. The first-order chi connectivity index (χ1) is 7.00. The zero-order chi connectivity index (χ0) is 11.4. The van der Waals surface area contributed by atoms with Crippen molar-refractivity contribution in [3.63, 3.8) is 0 Å². The van der Waals surface area contributed by atoms with Crippen LogP contribution in [-0.4, -0.2) is 11.8 Å². The molecule has 2 amide bonds. The highest BCUT2D eigenvalue weighted by molar-refractivity contribution is 5.94. The molecule has 0 heterocycles. The summed E-state index contributed by atoms with van der Waals surface area (Å²) >= 11 is 0. The first kappa shape index (κ1) is 11.2. The maximum absolute atomic E-state index is 11.3. The number of hydrogen-bond donors (Lipinski definition) is 1. The van der Waals surface area contributed by atoms with Crippen LogP contribution in [0.1, 0.15) is 19.4 Å². The number of nitrogens with zero attached hydrogens (tertiary/aromatic N) is 1. The lowest BCUT2D eigenvalue weighted by molar-refractivity contribution is -0.123. The van der Waals surface area contributed by atoms with Gasteiger partial charge in [0.15, 0.2) is 0 Å². The summed E-state index contributed by atoms with van der Waals surface area (Å²) in [7, 11) is 0. The zero-order valence-corrected chi connectivity index (χ0v) is 9.07. The maximum atomic E-state index is 11.3. The van der Waals surface area contributed by atoms with Gasteiger partial charge in [0.05, 0.1) is 5.69 Å². The lowest BCUT2D eigenvalue weighted by Crippen LogP contribution is -2.44. The van der Waals surface area contributed by atoms with Crippen molar-refractivity contribution < 1.29 is 9.59 Å². The topological polar surface area (TPSA) is 49.4 Å². The number of aryl methyl sites for hydroxylation is 1. The molecule has 1 aromatic rings. The van der Waals surface area contributed by atoms with Gasteiger partial charge in [-0.05, 0) is 24.6 Å². The predicted molar refractivity (Wildman–Crippen MR) is 58.2 cm³/mol. The van der Waals surface area contributed by atoms with Crippen LogP contribution < -0.4 is 10.4 Å². The van der Waals surface area contributed by atoms with Crippen LogP contribution in [0.25, 0.3) is 0 Å². The number of hydrogen-bond acceptors (Lipinski definition) is 2. The van der Waals surface area contributed by atoms with Gasteiger partial charge in [0.2, 0.25) is 11.8 Å². The van der Waals surface area contributed by atoms with Crippen LogP contribution in [0.3, 0.4) is 0 Å². The van der Waals surface area contributed by atoms with Gasteiger partial charge in [0.1, 0.15) is 0 Å². The number of anilines is 1. The fourth-order valence-corrected chi connectivity index (χ4v) is 1.25. The van der Waals surface area contributed by atoms with E-state index in [-0.39, 0.29) is 11.8 Å². The van der Waals surface area contributed by atoms with Crippen LogP contribution in [0.5, 0.6) is 0 Å². The van der Waals surface area contributed by atoms with E-state index >= 15 is 0 Å². The van der Waals surface area contributed by atoms with Crippen LogP contribution in [0.4, 0.5) is 5.69 Å². The van der Waals surface area contributed by atoms with E-state index in [0.717, 1.165) is 5.56 Å². The fourth-order valence-electron chi connectivity index (χ4n) is 1.25. The Morgan fingerprint density at radius 3 is 2.40 bits per heavy atom. The van der Waals surface area contributed by atoms with E-state index in [1.165, 1.54) is 18.9 Å². The Morgan fingerprint density at radius 1 is 1.27 bits per heavy atom. The quantitative estimate of drug-likeness (QED) is 0.706. The fraction of sp³-hybridized carbons (Fsp3) is 0.273. The third kappa shape index (κ3) is 3.09. The Balaban J connectivity index is 2.98. The second-order valence-corrected chi connectivity index (χ2v) is 3.36. The van der Waals surface area contributed by atoms with E-state index in [1.54, 1.807) is 6.07 Å². The van der Waals surface area contributed by atoms with Crippen molar-refractivity contribution in [3.05, 3.63) is 29.8 Å². The molecular weight excluding hydrogens is 192 g/mol. The molecule has 0 aliphatic rings. The number of hydrazine groups is 1. The smallest absolute Gasteiger partial charge is 0.242 e. The first-order valence-corrected chi connectivity index (χ1v) is 4.65. The van der Waals surface area contributed by atoms with Gasteiger partial charge >= 0.3 is 0 Å². The van der Waals surface area contributed by atoms with Crippen molar-refractivity contribution in [1.82, 2.24) is 5.43 Å². The predicted octanol–water partition coefficient (Wildman–Crippen LogP) is 1.40. The lowest BCUT2D eigenvalue weighted by Gasteiger charge is -2.21. The van der Waals surface area contributed by atoms with E-state index in [0.29, 0.717) is 5.69 Å². The highest BCUT2D eigenvalue weighted by Crippen LogP contribution is 2.13. The standard InChI is InChI=1S/C11H14N2O2/c1-8-5-4-6-11(7-8)13(10(3)15)12-9(2)14/h4-7H,1-3H3,(H,12,14). The molecule has 0 spiro atoms. The summed E-state index contributed by atoms with van der Waals surface area (Å²) < 4.78 is 0. The summed E-state index contributed by atoms with van der Waals surface area (Å²) in [5, 5.41) is 1.23. The Hall–Kier alpha value is -1.84. The third-order valence-corrected chi connectivity index (χ3v) is 1.84. The Labute approximate surface area is 88.9 Å². The molecule has 4 heteroatoms. The van der Waals surface area contributed by atoms with E-state index < -0.39 is 0 Å². The summed E-state index contributed by atoms with van der Waals surface area (Å²) in [4.78, 5) is 22.2. The summed E-state index contributed by atoms with van der Waals surface area (Å²) in [6.45, 7) is 4.69. The molecule has 80 valence electrons. The van der Waals surface area contributed by atoms with Gasteiger partial charge in [0.25, 0.3) is 0 Å². The average Bonchev–Trinajstić information content (AvgIpc) is 2.13. The SMILES string of the molecule is CC(=O)NN(C(C)=O)c1cccc(C)c1. The van der Waals surface area contributed by atoms with Crippen molar-refractivity contribution in [3.8, 4) is 0 Å². The first-order valence-electron chi connectivity index (χ1n) is 4.65. The van der Waals surface area contributed by atoms with Crippen molar-refractivity contribution in [1.29, 1.82) is 0 Å². The molecule has 0 atom stereocenters. The third-order valence-electron chi connectivity index (χ3n) is 1.84. The molecule has 1 rings (SSSR count). The molecule has 0 saturated carbocycles. The van der Waals surface area contributed by atoms with E-state index in [1.807, 2.05) is 25.1 Å². The molecule has 0 aliphatic carbocycles. The summed E-state index contributed by atoms with van der Waals surface area (Å²) in [6, 6.07) is 7.36. The highest BCUT2D eigenvalue weighted by atomic mass is 16.2. The second-order valence-electron chi connectivity index (χ2n) is 3.36. The minimum Gasteiger partial charge on any atom is -0.274 e. The molecule has 0 aromatic heterocycles. The highest BCUT2D eigenvalue weighted by Gasteiger charge is 2.11. The monoisotopic (exact) mass is 206 g/mol. The number of carbonyl (C=O) groups excluding carboxylic acids is 2. The number of nitrogens with one attached hydrogen (secondary N) is 1. The van der Waals surface area contributed by atoms with Gasteiger partial charge in [-0.15, -0.1) is 0 Å². The van der Waals surface area contributed by atoms with Crippen molar-refractivity contribution >= 4 is 17.5 Å². The van der Waals surface area contributed by atoms with Gasteiger partial charge in [-0.3, -0.25) is 15.0 Å². The summed E-state index contributed by atoms with van der Waals surface area (Å²) in [6.07, 6.45) is 0. The van der Waals surface area contributed by atoms with E-state index in [9.17, 15) is 9.59 Å². The molecule has 1 N–H and O–H groups in total. The maximum Gasteiger partial charge on any atom is 0.242 e. The average molecular weight is 206 g/mol. The van der Waals surface area contributed by atoms with E-state index in [4.69, 9.17) is 0 Å². The van der Waals surface area contributed by atoms with Gasteiger partial charge in [-0.1, -0.05) is 12.1 Å². The second kappa shape index (κ2) is 4.59. The van der Waals surface area contributed by atoms with Crippen LogP contribution in [-0.2, 0) is 9.59 Å². The van der Waals surface area contributed by atoms with Crippen molar-refractivity contribution in [2.75, 3.05) is 5.01 Å². The van der Waals surface area contributed by atoms with Crippen molar-refractivity contribution in [2.24, 2.45) is 0 Å². The molecule has 0 bridgehead atoms. The zero-order valence-electron chi connectivity index (χ0n) is 9.07. The number of rotatable bonds is 1. The van der Waals surface area contributed by atoms with Crippen molar-refractivity contribution in [2.45, 2.75) is 20.8 Å². The van der Waals surface area contributed by atoms with Crippen LogP contribution in [0.2, 0.25) is 0 Å². The molecule has 4 nitrogen and oxygen atoms in total. The minimum absolute atomic E-state index is 0.226. The summed E-state index contributed by atoms with van der Waals surface area (Å²) in [5.41, 5.74) is 4.16. The van der Waals surface area contributed by atoms with E-state index in [2.05, 4.69) is 5.43 Å².